The molecule has 152 valence electrons. The van der Waals surface area contributed by atoms with Gasteiger partial charge >= 0.3 is 0 Å². The summed E-state index contributed by atoms with van der Waals surface area (Å²) in [6.45, 7) is 2.99. The maximum Gasteiger partial charge on any atom is 0.226 e. The van der Waals surface area contributed by atoms with E-state index in [0.29, 0.717) is 18.1 Å². The molecular weight excluding hydrogens is 386 g/mol. The molecule has 0 unspecified atom stereocenters. The lowest BCUT2D eigenvalue weighted by Gasteiger charge is -2.04. The molecule has 0 aliphatic carbocycles. The third-order valence-corrected chi connectivity index (χ3v) is 5.15. The molecule has 0 bridgehead atoms. The average molecular weight is 412 g/mol. The Morgan fingerprint density at radius 1 is 1.17 bits per heavy atom. The van der Waals surface area contributed by atoms with Crippen LogP contribution in [0.3, 0.4) is 0 Å². The molecule has 3 rings (SSSR count). The van der Waals surface area contributed by atoms with Crippen molar-refractivity contribution in [1.82, 2.24) is 19.9 Å². The number of hydrogen-bond donors (Lipinski definition) is 2. The summed E-state index contributed by atoms with van der Waals surface area (Å²) in [5.41, 5.74) is 3.10. The van der Waals surface area contributed by atoms with Gasteiger partial charge in [-0.05, 0) is 24.8 Å². The Labute approximate surface area is 174 Å². The van der Waals surface area contributed by atoms with Gasteiger partial charge in [-0.1, -0.05) is 24.3 Å². The van der Waals surface area contributed by atoms with Crippen LogP contribution < -0.4 is 10.6 Å². The van der Waals surface area contributed by atoms with Gasteiger partial charge in [0.15, 0.2) is 5.13 Å². The molecule has 0 saturated carbocycles. The normalized spacial score (nSPS) is 10.7. The van der Waals surface area contributed by atoms with E-state index in [1.165, 1.54) is 23.8 Å². The molecule has 1 aromatic carbocycles. The number of nitrogens with zero attached hydrogens (tertiary/aromatic N) is 3. The number of thiazole rings is 1. The first-order valence-electron chi connectivity index (χ1n) is 9.65. The van der Waals surface area contributed by atoms with Crippen LogP contribution in [0.4, 0.5) is 5.13 Å². The molecule has 0 fully saturated rings. The number of carbonyl (C=O) groups excluding carboxylic acids is 2. The predicted molar refractivity (Wildman–Crippen MR) is 115 cm³/mol. The van der Waals surface area contributed by atoms with Crippen LogP contribution >= 0.6 is 11.3 Å². The SMILES string of the molecule is CC(=O)NCCCc1ccc(-c2csc(NC(=O)CCCn3ccnc3)n2)cc1. The van der Waals surface area contributed by atoms with Crippen molar-refractivity contribution in [3.63, 3.8) is 0 Å². The quantitative estimate of drug-likeness (QED) is 0.500. The highest BCUT2D eigenvalue weighted by molar-refractivity contribution is 7.14. The van der Waals surface area contributed by atoms with Crippen molar-refractivity contribution in [2.45, 2.75) is 39.2 Å². The summed E-state index contributed by atoms with van der Waals surface area (Å²) in [7, 11) is 0. The van der Waals surface area contributed by atoms with Crippen molar-refractivity contribution in [2.24, 2.45) is 0 Å². The topological polar surface area (TPSA) is 88.9 Å². The van der Waals surface area contributed by atoms with E-state index >= 15 is 0 Å². The number of hydrogen-bond acceptors (Lipinski definition) is 5. The Hall–Kier alpha value is -3.00. The molecule has 3 aromatic rings. The fourth-order valence-electron chi connectivity index (χ4n) is 2.89. The molecule has 0 spiro atoms. The number of amides is 2. The van der Waals surface area contributed by atoms with Gasteiger partial charge in [-0.15, -0.1) is 11.3 Å². The van der Waals surface area contributed by atoms with Gasteiger partial charge in [-0.3, -0.25) is 9.59 Å². The largest absolute Gasteiger partial charge is 0.356 e. The fourth-order valence-corrected chi connectivity index (χ4v) is 3.62. The third kappa shape index (κ3) is 6.83. The lowest BCUT2D eigenvalue weighted by Crippen LogP contribution is -2.21. The van der Waals surface area contributed by atoms with Crippen LogP contribution in [0.5, 0.6) is 0 Å². The second kappa shape index (κ2) is 10.5. The molecule has 2 amide bonds. The van der Waals surface area contributed by atoms with E-state index in [2.05, 4.69) is 32.7 Å². The van der Waals surface area contributed by atoms with Crippen molar-refractivity contribution in [3.05, 3.63) is 53.9 Å². The zero-order valence-electron chi connectivity index (χ0n) is 16.4. The summed E-state index contributed by atoms with van der Waals surface area (Å²) in [6.07, 6.45) is 8.39. The highest BCUT2D eigenvalue weighted by Gasteiger charge is 2.08. The average Bonchev–Trinajstić information content (AvgIpc) is 3.38. The van der Waals surface area contributed by atoms with Gasteiger partial charge in [0.2, 0.25) is 11.8 Å². The molecule has 8 heteroatoms. The van der Waals surface area contributed by atoms with E-state index in [1.54, 1.807) is 12.5 Å². The smallest absolute Gasteiger partial charge is 0.226 e. The Morgan fingerprint density at radius 2 is 2.00 bits per heavy atom. The first-order valence-corrected chi connectivity index (χ1v) is 10.5. The zero-order chi connectivity index (χ0) is 20.5. The molecule has 2 heterocycles. The standard InChI is InChI=1S/C21H25N5O2S/c1-16(27)23-10-2-4-17-6-8-18(9-7-17)19-14-29-21(24-19)25-20(28)5-3-12-26-13-11-22-15-26/h6-9,11,13-15H,2-5,10,12H2,1H3,(H,23,27)(H,24,25,28). The van der Waals surface area contributed by atoms with Crippen LogP contribution in [0, 0.1) is 0 Å². The Kier molecular flexibility index (Phi) is 7.52. The molecule has 0 aliphatic heterocycles. The molecule has 29 heavy (non-hydrogen) atoms. The molecule has 0 atom stereocenters. The molecular formula is C21H25N5O2S. The van der Waals surface area contributed by atoms with Crippen LogP contribution in [0.15, 0.2) is 48.4 Å². The van der Waals surface area contributed by atoms with E-state index < -0.39 is 0 Å². The van der Waals surface area contributed by atoms with E-state index in [9.17, 15) is 9.59 Å². The highest BCUT2D eigenvalue weighted by atomic mass is 32.1. The monoisotopic (exact) mass is 411 g/mol. The number of anilines is 1. The number of aryl methyl sites for hydroxylation is 2. The van der Waals surface area contributed by atoms with Crippen molar-refractivity contribution in [3.8, 4) is 11.3 Å². The van der Waals surface area contributed by atoms with Crippen LogP contribution in [-0.2, 0) is 22.6 Å². The summed E-state index contributed by atoms with van der Waals surface area (Å²) in [6, 6.07) is 8.24. The van der Waals surface area contributed by atoms with Gasteiger partial charge in [0.05, 0.1) is 12.0 Å². The van der Waals surface area contributed by atoms with Gasteiger partial charge in [0.1, 0.15) is 0 Å². The predicted octanol–water partition coefficient (Wildman–Crippen LogP) is 3.49. The van der Waals surface area contributed by atoms with E-state index in [0.717, 1.165) is 37.1 Å². The maximum absolute atomic E-state index is 12.1. The Bertz CT molecular complexity index is 919. The zero-order valence-corrected chi connectivity index (χ0v) is 17.2. The number of carbonyl (C=O) groups is 2. The molecule has 2 N–H and O–H groups in total. The van der Waals surface area contributed by atoms with E-state index in [4.69, 9.17) is 0 Å². The van der Waals surface area contributed by atoms with Gasteiger partial charge in [-0.2, -0.15) is 0 Å². The number of rotatable bonds is 10. The van der Waals surface area contributed by atoms with E-state index in [-0.39, 0.29) is 11.8 Å². The summed E-state index contributed by atoms with van der Waals surface area (Å²) in [5, 5.41) is 8.25. The lowest BCUT2D eigenvalue weighted by molar-refractivity contribution is -0.119. The van der Waals surface area contributed by atoms with Crippen molar-refractivity contribution < 1.29 is 9.59 Å². The van der Waals surface area contributed by atoms with Gasteiger partial charge in [-0.25, -0.2) is 9.97 Å². The summed E-state index contributed by atoms with van der Waals surface area (Å²) >= 11 is 1.43. The van der Waals surface area contributed by atoms with Gasteiger partial charge < -0.3 is 15.2 Å². The summed E-state index contributed by atoms with van der Waals surface area (Å²) < 4.78 is 1.96. The van der Waals surface area contributed by atoms with Gasteiger partial charge in [0.25, 0.3) is 0 Å². The lowest BCUT2D eigenvalue weighted by atomic mass is 10.1. The minimum atomic E-state index is -0.0273. The molecule has 0 saturated heterocycles. The number of aromatic nitrogens is 3. The number of nitrogens with one attached hydrogen (secondary N) is 2. The molecule has 0 aliphatic rings. The minimum absolute atomic E-state index is 0.00461. The number of benzene rings is 1. The summed E-state index contributed by atoms with van der Waals surface area (Å²) in [5.74, 6) is -0.0227. The van der Waals surface area contributed by atoms with Crippen LogP contribution in [0.25, 0.3) is 11.3 Å². The van der Waals surface area contributed by atoms with Crippen LogP contribution in [0.1, 0.15) is 31.7 Å². The van der Waals surface area contributed by atoms with Crippen molar-refractivity contribution in [2.75, 3.05) is 11.9 Å². The first kappa shape index (κ1) is 20.7. The summed E-state index contributed by atoms with van der Waals surface area (Å²) in [4.78, 5) is 31.5. The second-order valence-corrected chi connectivity index (χ2v) is 7.63. The molecule has 0 radical (unpaired) electrons. The fraction of sp³-hybridized carbons (Fsp3) is 0.333. The Balaban J connectivity index is 1.45. The highest BCUT2D eigenvalue weighted by Crippen LogP contribution is 2.25. The van der Waals surface area contributed by atoms with Crippen molar-refractivity contribution in [1.29, 1.82) is 0 Å². The molecule has 2 aromatic heterocycles. The second-order valence-electron chi connectivity index (χ2n) is 6.77. The van der Waals surface area contributed by atoms with E-state index in [1.807, 2.05) is 28.3 Å². The van der Waals surface area contributed by atoms with Gasteiger partial charge in [0, 0.05) is 49.8 Å². The third-order valence-electron chi connectivity index (χ3n) is 4.40. The Morgan fingerprint density at radius 3 is 2.72 bits per heavy atom. The molecule has 7 nitrogen and oxygen atoms in total. The van der Waals surface area contributed by atoms with Crippen LogP contribution in [0.2, 0.25) is 0 Å². The van der Waals surface area contributed by atoms with Crippen molar-refractivity contribution >= 4 is 28.3 Å². The van der Waals surface area contributed by atoms with Crippen LogP contribution in [-0.4, -0.2) is 32.9 Å². The first-order chi connectivity index (χ1) is 14.1. The minimum Gasteiger partial charge on any atom is -0.356 e. The maximum atomic E-state index is 12.1. The number of imidazole rings is 1.